The summed E-state index contributed by atoms with van der Waals surface area (Å²) < 4.78 is 25.0. The van der Waals surface area contributed by atoms with Crippen molar-refractivity contribution in [1.29, 1.82) is 0 Å². The molecule has 2 heterocycles. The van der Waals surface area contributed by atoms with Gasteiger partial charge in [0, 0.05) is 23.6 Å². The maximum Gasteiger partial charge on any atom is 0.315 e. The molecule has 1 unspecified atom stereocenters. The standard InChI is InChI=1S/C22H17FN2O5/c1-29-17-10-8-12-7-9-16(23)18(19(12)24-17)15(22(28)30-2)11-25-20(26)13-5-3-4-6-14(13)21(25)27/h3-10,15H,11H2,1-2H3. The van der Waals surface area contributed by atoms with Crippen LogP contribution in [0.1, 0.15) is 32.2 Å². The number of amides is 2. The number of ether oxygens (including phenoxy) is 2. The smallest absolute Gasteiger partial charge is 0.315 e. The highest BCUT2D eigenvalue weighted by atomic mass is 19.1. The molecule has 0 bridgehead atoms. The van der Waals surface area contributed by atoms with E-state index in [0.29, 0.717) is 5.39 Å². The molecule has 0 aliphatic carbocycles. The van der Waals surface area contributed by atoms with Crippen molar-refractivity contribution >= 4 is 28.7 Å². The molecule has 0 saturated heterocycles. The Balaban J connectivity index is 1.82. The zero-order chi connectivity index (χ0) is 21.4. The highest BCUT2D eigenvalue weighted by Crippen LogP contribution is 2.32. The molecule has 4 rings (SSSR count). The van der Waals surface area contributed by atoms with Crippen LogP contribution in [0.2, 0.25) is 0 Å². The zero-order valence-electron chi connectivity index (χ0n) is 16.2. The van der Waals surface area contributed by atoms with Crippen molar-refractivity contribution in [2.45, 2.75) is 5.92 Å². The number of nitrogens with zero attached hydrogens (tertiary/aromatic N) is 2. The second-order valence-corrected chi connectivity index (χ2v) is 6.73. The van der Waals surface area contributed by atoms with E-state index in [1.165, 1.54) is 31.4 Å². The Morgan fingerprint density at radius 2 is 1.67 bits per heavy atom. The maximum absolute atomic E-state index is 15.0. The third-order valence-electron chi connectivity index (χ3n) is 5.11. The van der Waals surface area contributed by atoms with Gasteiger partial charge >= 0.3 is 5.97 Å². The zero-order valence-corrected chi connectivity index (χ0v) is 16.2. The van der Waals surface area contributed by atoms with E-state index in [4.69, 9.17) is 9.47 Å². The number of hydrogen-bond acceptors (Lipinski definition) is 6. The van der Waals surface area contributed by atoms with Crippen LogP contribution >= 0.6 is 0 Å². The van der Waals surface area contributed by atoms with Crippen molar-refractivity contribution in [3.05, 3.63) is 71.0 Å². The lowest BCUT2D eigenvalue weighted by Crippen LogP contribution is -2.37. The lowest BCUT2D eigenvalue weighted by atomic mass is 9.94. The number of pyridine rings is 1. The topological polar surface area (TPSA) is 85.8 Å². The molecule has 30 heavy (non-hydrogen) atoms. The first kappa shape index (κ1) is 19.5. The molecule has 0 saturated carbocycles. The minimum absolute atomic E-state index is 0.0604. The summed E-state index contributed by atoms with van der Waals surface area (Å²) >= 11 is 0. The quantitative estimate of drug-likeness (QED) is 0.477. The van der Waals surface area contributed by atoms with Crippen LogP contribution in [0.15, 0.2) is 48.5 Å². The van der Waals surface area contributed by atoms with Crippen LogP contribution in [0.3, 0.4) is 0 Å². The van der Waals surface area contributed by atoms with Crippen LogP contribution in [0, 0.1) is 5.82 Å². The number of benzene rings is 2. The van der Waals surface area contributed by atoms with E-state index in [9.17, 15) is 18.8 Å². The minimum Gasteiger partial charge on any atom is -0.481 e. The number of halogens is 1. The van der Waals surface area contributed by atoms with E-state index in [2.05, 4.69) is 4.98 Å². The van der Waals surface area contributed by atoms with Crippen molar-refractivity contribution < 1.29 is 28.2 Å². The highest BCUT2D eigenvalue weighted by molar-refractivity contribution is 6.21. The average molecular weight is 408 g/mol. The van der Waals surface area contributed by atoms with E-state index in [0.717, 1.165) is 12.0 Å². The molecule has 1 atom stereocenters. The molecule has 1 aliphatic rings. The van der Waals surface area contributed by atoms with Gasteiger partial charge in [-0.1, -0.05) is 12.1 Å². The molecule has 0 spiro atoms. The van der Waals surface area contributed by atoms with Gasteiger partial charge in [0.1, 0.15) is 11.7 Å². The molecule has 1 aromatic heterocycles. The van der Waals surface area contributed by atoms with E-state index in [1.807, 2.05) is 0 Å². The number of carbonyl (C=O) groups excluding carboxylic acids is 3. The summed E-state index contributed by atoms with van der Waals surface area (Å²) in [6.07, 6.45) is 0. The molecule has 1 aliphatic heterocycles. The number of esters is 1. The first-order valence-corrected chi connectivity index (χ1v) is 9.12. The van der Waals surface area contributed by atoms with Crippen LogP contribution in [-0.4, -0.2) is 48.4 Å². The highest BCUT2D eigenvalue weighted by Gasteiger charge is 2.39. The summed E-state index contributed by atoms with van der Waals surface area (Å²) in [6.45, 7) is -0.381. The Kier molecular flexibility index (Phi) is 4.91. The van der Waals surface area contributed by atoms with Crippen molar-refractivity contribution in [3.8, 4) is 5.88 Å². The van der Waals surface area contributed by atoms with Gasteiger partial charge in [0.15, 0.2) is 0 Å². The molecule has 0 fully saturated rings. The fourth-order valence-electron chi connectivity index (χ4n) is 3.63. The van der Waals surface area contributed by atoms with Gasteiger partial charge in [0.25, 0.3) is 11.8 Å². The Morgan fingerprint density at radius 3 is 2.27 bits per heavy atom. The van der Waals surface area contributed by atoms with Gasteiger partial charge in [0.05, 0.1) is 30.9 Å². The molecule has 0 radical (unpaired) electrons. The Morgan fingerprint density at radius 1 is 1.03 bits per heavy atom. The van der Waals surface area contributed by atoms with Gasteiger partial charge in [-0.25, -0.2) is 9.37 Å². The summed E-state index contributed by atoms with van der Waals surface area (Å²) in [5.41, 5.74) is 0.616. The normalized spacial score (nSPS) is 14.0. The summed E-state index contributed by atoms with van der Waals surface area (Å²) in [6, 6.07) is 12.4. The maximum atomic E-state index is 15.0. The van der Waals surface area contributed by atoms with E-state index in [1.54, 1.807) is 24.3 Å². The second kappa shape index (κ2) is 7.55. The van der Waals surface area contributed by atoms with Crippen LogP contribution in [0.4, 0.5) is 4.39 Å². The number of imide groups is 1. The SMILES string of the molecule is COC(=O)C(CN1C(=O)c2ccccc2C1=O)c1c(F)ccc2ccc(OC)nc12. The molecule has 7 nitrogen and oxygen atoms in total. The molecule has 152 valence electrons. The minimum atomic E-state index is -1.26. The molecule has 3 aromatic rings. The average Bonchev–Trinajstić information content (AvgIpc) is 3.01. The van der Waals surface area contributed by atoms with Crippen LogP contribution in [0.5, 0.6) is 5.88 Å². The summed E-state index contributed by atoms with van der Waals surface area (Å²) in [4.78, 5) is 43.4. The van der Waals surface area contributed by atoms with Crippen LogP contribution in [0.25, 0.3) is 10.9 Å². The summed E-state index contributed by atoms with van der Waals surface area (Å²) in [7, 11) is 2.58. The Hall–Kier alpha value is -3.81. The number of aromatic nitrogens is 1. The number of methoxy groups -OCH3 is 2. The van der Waals surface area contributed by atoms with Crippen molar-refractivity contribution in [3.63, 3.8) is 0 Å². The second-order valence-electron chi connectivity index (χ2n) is 6.73. The number of carbonyl (C=O) groups is 3. The van der Waals surface area contributed by atoms with Crippen molar-refractivity contribution in [2.75, 3.05) is 20.8 Å². The molecule has 2 aromatic carbocycles. The molecule has 8 heteroatoms. The van der Waals surface area contributed by atoms with Gasteiger partial charge in [0.2, 0.25) is 5.88 Å². The molecule has 2 amide bonds. The van der Waals surface area contributed by atoms with Crippen molar-refractivity contribution in [1.82, 2.24) is 9.88 Å². The third kappa shape index (κ3) is 3.06. The van der Waals surface area contributed by atoms with E-state index >= 15 is 0 Å². The predicted molar refractivity (Wildman–Crippen MR) is 105 cm³/mol. The van der Waals surface area contributed by atoms with E-state index < -0.39 is 29.5 Å². The van der Waals surface area contributed by atoms with E-state index in [-0.39, 0.29) is 34.6 Å². The lowest BCUT2D eigenvalue weighted by molar-refractivity contribution is -0.142. The molecule has 0 N–H and O–H groups in total. The van der Waals surface area contributed by atoms with Gasteiger partial charge in [-0.15, -0.1) is 0 Å². The summed E-state index contributed by atoms with van der Waals surface area (Å²) in [5.74, 6) is -3.61. The fourth-order valence-corrected chi connectivity index (χ4v) is 3.63. The monoisotopic (exact) mass is 408 g/mol. The number of fused-ring (bicyclic) bond motifs is 2. The van der Waals surface area contributed by atoms with Gasteiger partial charge in [-0.3, -0.25) is 19.3 Å². The first-order valence-electron chi connectivity index (χ1n) is 9.12. The van der Waals surface area contributed by atoms with Crippen LogP contribution in [-0.2, 0) is 9.53 Å². The molecular weight excluding hydrogens is 391 g/mol. The molecular formula is C22H17FN2O5. The lowest BCUT2D eigenvalue weighted by Gasteiger charge is -2.22. The van der Waals surface area contributed by atoms with Gasteiger partial charge in [-0.05, 0) is 30.3 Å². The largest absolute Gasteiger partial charge is 0.481 e. The Labute approximate surface area is 171 Å². The van der Waals surface area contributed by atoms with Gasteiger partial charge < -0.3 is 9.47 Å². The number of rotatable bonds is 5. The third-order valence-corrected chi connectivity index (χ3v) is 5.11. The summed E-state index contributed by atoms with van der Waals surface area (Å²) in [5, 5.41) is 0.573. The van der Waals surface area contributed by atoms with Crippen molar-refractivity contribution in [2.24, 2.45) is 0 Å². The van der Waals surface area contributed by atoms with Crippen LogP contribution < -0.4 is 4.74 Å². The number of hydrogen-bond donors (Lipinski definition) is 0. The van der Waals surface area contributed by atoms with Gasteiger partial charge in [-0.2, -0.15) is 0 Å². The Bertz CT molecular complexity index is 1160. The predicted octanol–water partition coefficient (Wildman–Crippen LogP) is 2.94. The fraction of sp³-hybridized carbons (Fsp3) is 0.182. The first-order chi connectivity index (χ1) is 14.5.